The van der Waals surface area contributed by atoms with Gasteiger partial charge in [-0.25, -0.2) is 4.79 Å². The van der Waals surface area contributed by atoms with Crippen molar-refractivity contribution in [2.45, 2.75) is 12.5 Å². The third-order valence-electron chi connectivity index (χ3n) is 4.15. The molecule has 0 radical (unpaired) electrons. The second-order valence-corrected chi connectivity index (χ2v) is 6.26. The first-order valence-electron chi connectivity index (χ1n) is 8.43. The van der Waals surface area contributed by atoms with Crippen LogP contribution in [0.1, 0.15) is 6.42 Å². The standard InChI is InChI=1S/C18H23N5O3/c1-22(2)16-8-9-17(21-20-16)26-15-10-11-23(12-15)18(24)19-13-4-6-14(25-3)7-5-13/h4-9,15H,10-12H2,1-3H3,(H,19,24). The third kappa shape index (κ3) is 4.33. The Kier molecular flexibility index (Phi) is 5.40. The number of nitrogens with one attached hydrogen (secondary N) is 1. The van der Waals surface area contributed by atoms with Gasteiger partial charge in [0.25, 0.3) is 0 Å². The topological polar surface area (TPSA) is 79.8 Å². The maximum Gasteiger partial charge on any atom is 0.321 e. The van der Waals surface area contributed by atoms with E-state index in [0.717, 1.165) is 23.7 Å². The summed E-state index contributed by atoms with van der Waals surface area (Å²) < 4.78 is 11.0. The largest absolute Gasteiger partial charge is 0.497 e. The van der Waals surface area contributed by atoms with Crippen LogP contribution in [-0.4, -0.2) is 61.5 Å². The zero-order valence-electron chi connectivity index (χ0n) is 15.2. The molecule has 0 aliphatic carbocycles. The minimum absolute atomic E-state index is 0.0869. The number of hydrogen-bond acceptors (Lipinski definition) is 6. The van der Waals surface area contributed by atoms with E-state index < -0.39 is 0 Å². The monoisotopic (exact) mass is 357 g/mol. The lowest BCUT2D eigenvalue weighted by Gasteiger charge is -2.18. The fourth-order valence-electron chi connectivity index (χ4n) is 2.67. The van der Waals surface area contributed by atoms with Gasteiger partial charge in [0.15, 0.2) is 5.82 Å². The SMILES string of the molecule is COc1ccc(NC(=O)N2CCC(Oc3ccc(N(C)C)nn3)C2)cc1. The van der Waals surface area contributed by atoms with Crippen LogP contribution in [-0.2, 0) is 0 Å². The van der Waals surface area contributed by atoms with E-state index in [0.29, 0.717) is 19.0 Å². The van der Waals surface area contributed by atoms with Gasteiger partial charge < -0.3 is 24.6 Å². The van der Waals surface area contributed by atoms with Crippen molar-refractivity contribution in [3.8, 4) is 11.6 Å². The number of ether oxygens (including phenoxy) is 2. The van der Waals surface area contributed by atoms with Gasteiger partial charge in [0.1, 0.15) is 11.9 Å². The molecular weight excluding hydrogens is 334 g/mol. The van der Waals surface area contributed by atoms with Crippen molar-refractivity contribution in [1.29, 1.82) is 0 Å². The van der Waals surface area contributed by atoms with Crippen molar-refractivity contribution in [3.63, 3.8) is 0 Å². The summed E-state index contributed by atoms with van der Waals surface area (Å²) in [7, 11) is 5.41. The first kappa shape index (κ1) is 17.8. The first-order valence-corrected chi connectivity index (χ1v) is 8.43. The summed E-state index contributed by atoms with van der Waals surface area (Å²) in [5, 5.41) is 11.0. The summed E-state index contributed by atoms with van der Waals surface area (Å²) in [6.07, 6.45) is 0.670. The van der Waals surface area contributed by atoms with Crippen LogP contribution in [0.4, 0.5) is 16.3 Å². The van der Waals surface area contributed by atoms with Crippen molar-refractivity contribution in [2.75, 3.05) is 44.5 Å². The normalized spacial score (nSPS) is 16.3. The molecule has 1 atom stereocenters. The summed E-state index contributed by atoms with van der Waals surface area (Å²) in [5.74, 6) is 1.99. The molecule has 1 saturated heterocycles. The van der Waals surface area contributed by atoms with Gasteiger partial charge in [-0.3, -0.25) is 0 Å². The number of anilines is 2. The van der Waals surface area contributed by atoms with Gasteiger partial charge in [-0.1, -0.05) is 0 Å². The molecule has 2 aromatic rings. The van der Waals surface area contributed by atoms with Crippen molar-refractivity contribution < 1.29 is 14.3 Å². The summed E-state index contributed by atoms with van der Waals surface area (Å²) in [6.45, 7) is 1.15. The smallest absolute Gasteiger partial charge is 0.321 e. The minimum Gasteiger partial charge on any atom is -0.497 e. The van der Waals surface area contributed by atoms with Gasteiger partial charge in [0, 0.05) is 38.8 Å². The van der Waals surface area contributed by atoms with Crippen molar-refractivity contribution in [2.24, 2.45) is 0 Å². The molecule has 2 heterocycles. The van der Waals surface area contributed by atoms with Gasteiger partial charge in [-0.2, -0.15) is 0 Å². The number of aromatic nitrogens is 2. The minimum atomic E-state index is -0.143. The van der Waals surface area contributed by atoms with Gasteiger partial charge >= 0.3 is 6.03 Å². The molecule has 26 heavy (non-hydrogen) atoms. The molecule has 138 valence electrons. The number of carbonyl (C=O) groups is 1. The van der Waals surface area contributed by atoms with Gasteiger partial charge in [-0.05, 0) is 30.3 Å². The number of methoxy groups -OCH3 is 1. The Morgan fingerprint density at radius 1 is 1.19 bits per heavy atom. The van der Waals surface area contributed by atoms with E-state index >= 15 is 0 Å². The zero-order chi connectivity index (χ0) is 18.5. The van der Waals surface area contributed by atoms with E-state index in [-0.39, 0.29) is 12.1 Å². The first-order chi connectivity index (χ1) is 12.5. The highest BCUT2D eigenvalue weighted by Gasteiger charge is 2.28. The Morgan fingerprint density at radius 3 is 2.58 bits per heavy atom. The lowest BCUT2D eigenvalue weighted by atomic mass is 10.3. The Morgan fingerprint density at radius 2 is 1.96 bits per heavy atom. The molecule has 1 N–H and O–H groups in total. The number of likely N-dealkylation sites (tertiary alicyclic amines) is 1. The van der Waals surface area contributed by atoms with E-state index in [9.17, 15) is 4.79 Å². The number of urea groups is 1. The molecule has 1 unspecified atom stereocenters. The van der Waals surface area contributed by atoms with Crippen molar-refractivity contribution >= 4 is 17.5 Å². The second kappa shape index (κ2) is 7.90. The number of carbonyl (C=O) groups excluding carboxylic acids is 1. The fraction of sp³-hybridized carbons (Fsp3) is 0.389. The Hall–Kier alpha value is -3.03. The second-order valence-electron chi connectivity index (χ2n) is 6.26. The highest BCUT2D eigenvalue weighted by molar-refractivity contribution is 5.89. The highest BCUT2D eigenvalue weighted by atomic mass is 16.5. The molecule has 0 saturated carbocycles. The third-order valence-corrected chi connectivity index (χ3v) is 4.15. The van der Waals surface area contributed by atoms with Gasteiger partial charge in [-0.15, -0.1) is 10.2 Å². The lowest BCUT2D eigenvalue weighted by Crippen LogP contribution is -2.34. The number of benzene rings is 1. The summed E-state index contributed by atoms with van der Waals surface area (Å²) in [5.41, 5.74) is 0.727. The van der Waals surface area contributed by atoms with Crippen molar-refractivity contribution in [1.82, 2.24) is 15.1 Å². The molecule has 8 nitrogen and oxygen atoms in total. The zero-order valence-corrected chi connectivity index (χ0v) is 15.2. The van der Waals surface area contributed by atoms with Crippen LogP contribution in [0.15, 0.2) is 36.4 Å². The van der Waals surface area contributed by atoms with Crippen LogP contribution in [0.25, 0.3) is 0 Å². The predicted octanol–water partition coefficient (Wildman–Crippen LogP) is 2.24. The van der Waals surface area contributed by atoms with Crippen LogP contribution in [0.3, 0.4) is 0 Å². The van der Waals surface area contributed by atoms with Crippen LogP contribution in [0.5, 0.6) is 11.6 Å². The van der Waals surface area contributed by atoms with Crippen LogP contribution < -0.4 is 19.7 Å². The Bertz CT molecular complexity index is 733. The fourth-order valence-corrected chi connectivity index (χ4v) is 2.67. The summed E-state index contributed by atoms with van der Waals surface area (Å²) >= 11 is 0. The molecule has 1 fully saturated rings. The molecule has 0 bridgehead atoms. The van der Waals surface area contributed by atoms with Crippen LogP contribution in [0.2, 0.25) is 0 Å². The predicted molar refractivity (Wildman–Crippen MR) is 99.0 cm³/mol. The highest BCUT2D eigenvalue weighted by Crippen LogP contribution is 2.19. The number of nitrogens with zero attached hydrogens (tertiary/aromatic N) is 4. The van der Waals surface area contributed by atoms with Gasteiger partial charge in [0.2, 0.25) is 5.88 Å². The molecule has 2 amide bonds. The molecular formula is C18H23N5O3. The molecule has 0 spiro atoms. The van der Waals surface area contributed by atoms with E-state index in [1.165, 1.54) is 0 Å². The molecule has 1 aliphatic heterocycles. The van der Waals surface area contributed by atoms with Crippen LogP contribution in [0, 0.1) is 0 Å². The van der Waals surface area contributed by atoms with Crippen molar-refractivity contribution in [3.05, 3.63) is 36.4 Å². The molecule has 1 aromatic carbocycles. The van der Waals surface area contributed by atoms with E-state index in [1.54, 1.807) is 18.1 Å². The van der Waals surface area contributed by atoms with Crippen LogP contribution >= 0.6 is 0 Å². The lowest BCUT2D eigenvalue weighted by molar-refractivity contribution is 0.188. The maximum atomic E-state index is 12.4. The molecule has 1 aliphatic rings. The maximum absolute atomic E-state index is 12.4. The summed E-state index contributed by atoms with van der Waals surface area (Å²) in [6, 6.07) is 10.7. The number of hydrogen-bond donors (Lipinski definition) is 1. The number of amides is 2. The Labute approximate surface area is 152 Å². The molecule has 3 rings (SSSR count). The summed E-state index contributed by atoms with van der Waals surface area (Å²) in [4.78, 5) is 16.0. The molecule has 8 heteroatoms. The quantitative estimate of drug-likeness (QED) is 0.884. The van der Waals surface area contributed by atoms with E-state index in [4.69, 9.17) is 9.47 Å². The van der Waals surface area contributed by atoms with E-state index in [1.807, 2.05) is 49.3 Å². The van der Waals surface area contributed by atoms with E-state index in [2.05, 4.69) is 15.5 Å². The average molecular weight is 357 g/mol. The van der Waals surface area contributed by atoms with Gasteiger partial charge in [0.05, 0.1) is 13.7 Å². The Balaban J connectivity index is 1.51. The number of rotatable bonds is 5. The molecule has 1 aromatic heterocycles. The average Bonchev–Trinajstić information content (AvgIpc) is 3.11.